The number of halogens is 1. The summed E-state index contributed by atoms with van der Waals surface area (Å²) in [5, 5.41) is 1.19. The molecule has 1 aromatic carbocycles. The number of benzene rings is 1. The maximum atomic E-state index is 13.2. The van der Waals surface area contributed by atoms with Crippen LogP contribution in [-0.4, -0.2) is 29.5 Å². The van der Waals surface area contributed by atoms with Gasteiger partial charge in [-0.25, -0.2) is 4.39 Å². The molecule has 1 aliphatic rings. The van der Waals surface area contributed by atoms with Crippen LogP contribution in [0.4, 0.5) is 4.39 Å². The number of hydrogen-bond donors (Lipinski definition) is 1. The Balaban J connectivity index is 1.87. The molecule has 1 aromatic heterocycles. The first-order valence-corrected chi connectivity index (χ1v) is 6.77. The monoisotopic (exact) mass is 246 g/mol. The molecule has 0 aliphatic carbocycles. The van der Waals surface area contributed by atoms with E-state index in [1.807, 2.05) is 6.07 Å². The summed E-state index contributed by atoms with van der Waals surface area (Å²) >= 11 is 0. The molecule has 0 radical (unpaired) electrons. The molecule has 96 valence electrons. The molecule has 0 atom stereocenters. The zero-order chi connectivity index (χ0) is 12.5. The molecule has 1 aliphatic heterocycles. The van der Waals surface area contributed by atoms with Crippen molar-refractivity contribution in [3.8, 4) is 0 Å². The third-order valence-electron chi connectivity index (χ3n) is 4.15. The second-order valence-corrected chi connectivity index (χ2v) is 5.14. The van der Waals surface area contributed by atoms with Crippen molar-refractivity contribution in [1.82, 2.24) is 9.88 Å². The van der Waals surface area contributed by atoms with Crippen molar-refractivity contribution in [3.63, 3.8) is 0 Å². The van der Waals surface area contributed by atoms with E-state index in [1.54, 1.807) is 12.1 Å². The summed E-state index contributed by atoms with van der Waals surface area (Å²) in [5.74, 6) is 0.448. The van der Waals surface area contributed by atoms with Crippen molar-refractivity contribution in [3.05, 3.63) is 35.8 Å². The lowest BCUT2D eigenvalue weighted by molar-refractivity contribution is 0.223. The molecule has 18 heavy (non-hydrogen) atoms. The topological polar surface area (TPSA) is 19.0 Å². The fourth-order valence-corrected chi connectivity index (χ4v) is 3.02. The summed E-state index contributed by atoms with van der Waals surface area (Å²) in [7, 11) is 0. The molecule has 3 heteroatoms. The molecule has 2 heterocycles. The van der Waals surface area contributed by atoms with Gasteiger partial charge in [-0.15, -0.1) is 0 Å². The Morgan fingerprint density at radius 2 is 2.11 bits per heavy atom. The summed E-state index contributed by atoms with van der Waals surface area (Å²) in [6.45, 7) is 5.71. The molecule has 2 aromatic rings. The minimum absolute atomic E-state index is 0.170. The van der Waals surface area contributed by atoms with Crippen LogP contribution < -0.4 is 0 Å². The Kier molecular flexibility index (Phi) is 3.08. The van der Waals surface area contributed by atoms with Crippen LogP contribution in [0.1, 0.15) is 31.2 Å². The molecule has 0 saturated carbocycles. The van der Waals surface area contributed by atoms with Crippen LogP contribution in [0.2, 0.25) is 0 Å². The lowest BCUT2D eigenvalue weighted by Crippen LogP contribution is -2.32. The van der Waals surface area contributed by atoms with Gasteiger partial charge in [0.1, 0.15) is 5.82 Å². The molecular weight excluding hydrogens is 227 g/mol. The van der Waals surface area contributed by atoms with Crippen molar-refractivity contribution in [2.45, 2.75) is 25.7 Å². The van der Waals surface area contributed by atoms with Crippen LogP contribution in [0.5, 0.6) is 0 Å². The number of rotatable bonds is 2. The summed E-state index contributed by atoms with van der Waals surface area (Å²) < 4.78 is 13.2. The van der Waals surface area contributed by atoms with E-state index in [1.165, 1.54) is 36.9 Å². The predicted molar refractivity (Wildman–Crippen MR) is 72.3 cm³/mol. The fourth-order valence-electron chi connectivity index (χ4n) is 3.02. The van der Waals surface area contributed by atoms with Gasteiger partial charge in [-0.05, 0) is 62.2 Å². The molecular formula is C15H19FN2. The van der Waals surface area contributed by atoms with E-state index in [4.69, 9.17) is 0 Å². The van der Waals surface area contributed by atoms with Crippen molar-refractivity contribution >= 4 is 10.9 Å². The molecule has 3 rings (SSSR count). The number of fused-ring (bicyclic) bond motifs is 1. The van der Waals surface area contributed by atoms with Gasteiger partial charge in [-0.2, -0.15) is 0 Å². The zero-order valence-electron chi connectivity index (χ0n) is 10.7. The molecule has 0 amide bonds. The minimum Gasteiger partial charge on any atom is -0.361 e. The Bertz CT molecular complexity index is 538. The van der Waals surface area contributed by atoms with Crippen molar-refractivity contribution in [1.29, 1.82) is 0 Å². The lowest BCUT2D eigenvalue weighted by Gasteiger charge is -2.30. The third kappa shape index (κ3) is 2.03. The normalized spacial score (nSPS) is 18.6. The minimum atomic E-state index is -0.170. The van der Waals surface area contributed by atoms with Gasteiger partial charge in [0.2, 0.25) is 0 Å². The highest BCUT2D eigenvalue weighted by atomic mass is 19.1. The highest BCUT2D eigenvalue weighted by Gasteiger charge is 2.21. The number of aromatic amines is 1. The van der Waals surface area contributed by atoms with Crippen LogP contribution in [0.3, 0.4) is 0 Å². The lowest BCUT2D eigenvalue weighted by atomic mass is 9.89. The number of hydrogen-bond acceptors (Lipinski definition) is 1. The average molecular weight is 246 g/mol. The first-order chi connectivity index (χ1) is 8.78. The van der Waals surface area contributed by atoms with Crippen molar-refractivity contribution in [2.24, 2.45) is 0 Å². The zero-order valence-corrected chi connectivity index (χ0v) is 10.7. The number of piperidine rings is 1. The number of nitrogens with one attached hydrogen (secondary N) is 1. The van der Waals surface area contributed by atoms with Gasteiger partial charge in [0.25, 0.3) is 0 Å². The number of H-pyrrole nitrogens is 1. The summed E-state index contributed by atoms with van der Waals surface area (Å²) in [5.41, 5.74) is 2.28. The van der Waals surface area contributed by atoms with Gasteiger partial charge in [0.05, 0.1) is 0 Å². The SMILES string of the molecule is CCN1CCC(c2c[nH]c3cc(F)ccc23)CC1. The van der Waals surface area contributed by atoms with Gasteiger partial charge in [0.15, 0.2) is 0 Å². The molecule has 1 saturated heterocycles. The first-order valence-electron chi connectivity index (χ1n) is 6.77. The molecule has 2 nitrogen and oxygen atoms in total. The Hall–Kier alpha value is -1.35. The Morgan fingerprint density at radius 1 is 1.33 bits per heavy atom. The van der Waals surface area contributed by atoms with Gasteiger partial charge in [-0.1, -0.05) is 6.92 Å². The van der Waals surface area contributed by atoms with E-state index in [-0.39, 0.29) is 5.82 Å². The Morgan fingerprint density at radius 3 is 2.83 bits per heavy atom. The quantitative estimate of drug-likeness (QED) is 0.859. The average Bonchev–Trinajstić information content (AvgIpc) is 2.81. The number of nitrogens with zero attached hydrogens (tertiary/aromatic N) is 1. The summed E-state index contributed by atoms with van der Waals surface area (Å²) in [6, 6.07) is 5.05. The second-order valence-electron chi connectivity index (χ2n) is 5.14. The smallest absolute Gasteiger partial charge is 0.125 e. The van der Waals surface area contributed by atoms with Crippen LogP contribution in [0, 0.1) is 5.82 Å². The predicted octanol–water partition coefficient (Wildman–Crippen LogP) is 3.51. The standard InChI is InChI=1S/C15H19FN2/c1-2-18-7-5-11(6-8-18)14-10-17-15-9-12(16)3-4-13(14)15/h3-4,9-11,17H,2,5-8H2,1H3. The van der Waals surface area contributed by atoms with Gasteiger partial charge in [-0.3, -0.25) is 0 Å². The van der Waals surface area contributed by atoms with Gasteiger partial charge >= 0.3 is 0 Å². The maximum absolute atomic E-state index is 13.2. The van der Waals surface area contributed by atoms with E-state index in [2.05, 4.69) is 23.0 Å². The summed E-state index contributed by atoms with van der Waals surface area (Å²) in [4.78, 5) is 5.69. The largest absolute Gasteiger partial charge is 0.361 e. The third-order valence-corrected chi connectivity index (χ3v) is 4.15. The van der Waals surface area contributed by atoms with E-state index in [9.17, 15) is 4.39 Å². The summed E-state index contributed by atoms with van der Waals surface area (Å²) in [6.07, 6.45) is 4.48. The highest BCUT2D eigenvalue weighted by molar-refractivity contribution is 5.83. The number of likely N-dealkylation sites (tertiary alicyclic amines) is 1. The number of aromatic nitrogens is 1. The van der Waals surface area contributed by atoms with Crippen LogP contribution in [-0.2, 0) is 0 Å². The first kappa shape index (κ1) is 11.7. The van der Waals surface area contributed by atoms with Crippen LogP contribution in [0.25, 0.3) is 10.9 Å². The van der Waals surface area contributed by atoms with E-state index >= 15 is 0 Å². The van der Waals surface area contributed by atoms with E-state index in [0.29, 0.717) is 5.92 Å². The molecule has 1 N–H and O–H groups in total. The second kappa shape index (κ2) is 4.73. The van der Waals surface area contributed by atoms with Crippen molar-refractivity contribution < 1.29 is 4.39 Å². The van der Waals surface area contributed by atoms with Crippen LogP contribution >= 0.6 is 0 Å². The Labute approximate surface area is 107 Å². The van der Waals surface area contributed by atoms with Crippen LogP contribution in [0.15, 0.2) is 24.4 Å². The van der Waals surface area contributed by atoms with E-state index in [0.717, 1.165) is 12.1 Å². The highest BCUT2D eigenvalue weighted by Crippen LogP contribution is 2.33. The maximum Gasteiger partial charge on any atom is 0.125 e. The van der Waals surface area contributed by atoms with Gasteiger partial charge < -0.3 is 9.88 Å². The molecule has 1 fully saturated rings. The van der Waals surface area contributed by atoms with Gasteiger partial charge in [0, 0.05) is 17.1 Å². The van der Waals surface area contributed by atoms with Crippen molar-refractivity contribution in [2.75, 3.05) is 19.6 Å². The van der Waals surface area contributed by atoms with E-state index < -0.39 is 0 Å². The molecule has 0 bridgehead atoms. The fraction of sp³-hybridized carbons (Fsp3) is 0.467. The molecule has 0 unspecified atom stereocenters. The molecule has 0 spiro atoms.